The number of likely N-dealkylation sites (tertiary alicyclic amines) is 2. The highest BCUT2D eigenvalue weighted by Crippen LogP contribution is 2.30. The van der Waals surface area contributed by atoms with Crippen molar-refractivity contribution in [1.82, 2.24) is 24.9 Å². The van der Waals surface area contributed by atoms with Gasteiger partial charge in [-0.3, -0.25) is 4.68 Å². The van der Waals surface area contributed by atoms with Crippen LogP contribution in [0.1, 0.15) is 24.8 Å². The number of methoxy groups -OCH3 is 1. The summed E-state index contributed by atoms with van der Waals surface area (Å²) in [7, 11) is 3.86. The number of nitrogens with zero attached hydrogens (tertiary/aromatic N) is 4. The Labute approximate surface area is 143 Å². The third kappa shape index (κ3) is 4.08. The number of fused-ring (bicyclic) bond motifs is 1. The third-order valence-electron chi connectivity index (χ3n) is 5.19. The molecule has 7 heteroatoms. The van der Waals surface area contributed by atoms with E-state index in [4.69, 9.17) is 4.74 Å². The molecule has 0 bridgehead atoms. The first-order chi connectivity index (χ1) is 11.7. The lowest BCUT2D eigenvalue weighted by Crippen LogP contribution is -2.57. The molecule has 2 atom stereocenters. The molecule has 2 fully saturated rings. The largest absolute Gasteiger partial charge is 0.383 e. The van der Waals surface area contributed by atoms with Gasteiger partial charge in [0.05, 0.1) is 19.3 Å². The molecular formula is C17H29N5O2. The Kier molecular flexibility index (Phi) is 5.73. The molecule has 0 saturated carbocycles. The molecule has 0 unspecified atom stereocenters. The number of nitrogens with one attached hydrogen (secondary N) is 1. The molecule has 3 rings (SSSR count). The maximum absolute atomic E-state index is 12.6. The lowest BCUT2D eigenvalue weighted by atomic mass is 9.84. The van der Waals surface area contributed by atoms with Crippen LogP contribution in [0.4, 0.5) is 4.79 Å². The predicted octanol–water partition coefficient (Wildman–Crippen LogP) is 1.16. The summed E-state index contributed by atoms with van der Waals surface area (Å²) in [5, 5.41) is 7.36. The van der Waals surface area contributed by atoms with E-state index in [1.54, 1.807) is 7.11 Å². The van der Waals surface area contributed by atoms with Crippen molar-refractivity contribution >= 4 is 6.03 Å². The van der Waals surface area contributed by atoms with Gasteiger partial charge in [0.1, 0.15) is 0 Å². The van der Waals surface area contributed by atoms with Gasteiger partial charge in [0, 0.05) is 44.5 Å². The standard InChI is InChI=1S/C17H29N5O2/c1-20-7-5-16-15(13-20)4-3-6-22(16)17(23)18-10-14-11-19-21(12-14)8-9-24-2/h11-12,15-16H,3-10,13H2,1-2H3,(H,18,23)/t15-,16-/m0/s1. The molecule has 1 N–H and O–H groups in total. The summed E-state index contributed by atoms with van der Waals surface area (Å²) in [6.45, 7) is 4.97. The van der Waals surface area contributed by atoms with Gasteiger partial charge in [-0.2, -0.15) is 5.10 Å². The molecule has 2 amide bonds. The van der Waals surface area contributed by atoms with Gasteiger partial charge in [0.15, 0.2) is 0 Å². The smallest absolute Gasteiger partial charge is 0.317 e. The Balaban J connectivity index is 1.51. The number of aromatic nitrogens is 2. The summed E-state index contributed by atoms with van der Waals surface area (Å²) in [5.41, 5.74) is 1.02. The van der Waals surface area contributed by atoms with Crippen LogP contribution >= 0.6 is 0 Å². The van der Waals surface area contributed by atoms with Crippen molar-refractivity contribution in [2.24, 2.45) is 5.92 Å². The molecule has 2 saturated heterocycles. The second-order valence-corrected chi connectivity index (χ2v) is 6.98. The highest BCUT2D eigenvalue weighted by Gasteiger charge is 2.37. The normalized spacial score (nSPS) is 24.7. The number of hydrogen-bond acceptors (Lipinski definition) is 4. The van der Waals surface area contributed by atoms with E-state index >= 15 is 0 Å². The van der Waals surface area contributed by atoms with Gasteiger partial charge < -0.3 is 19.9 Å². The van der Waals surface area contributed by atoms with Crippen molar-refractivity contribution in [1.29, 1.82) is 0 Å². The Morgan fingerprint density at radius 1 is 1.42 bits per heavy atom. The molecule has 134 valence electrons. The predicted molar refractivity (Wildman–Crippen MR) is 91.7 cm³/mol. The fourth-order valence-electron chi connectivity index (χ4n) is 3.92. The number of piperidine rings is 2. The minimum atomic E-state index is 0.0684. The topological polar surface area (TPSA) is 62.6 Å². The first-order valence-corrected chi connectivity index (χ1v) is 8.90. The summed E-state index contributed by atoms with van der Waals surface area (Å²) in [6, 6.07) is 0.471. The van der Waals surface area contributed by atoms with Crippen LogP contribution in [0.2, 0.25) is 0 Å². The average molecular weight is 335 g/mol. The second kappa shape index (κ2) is 7.98. The van der Waals surface area contributed by atoms with E-state index in [1.165, 1.54) is 6.42 Å². The van der Waals surface area contributed by atoms with E-state index < -0.39 is 0 Å². The lowest BCUT2D eigenvalue weighted by Gasteiger charge is -2.46. The zero-order chi connectivity index (χ0) is 16.9. The Bertz CT molecular complexity index is 547. The molecule has 1 aromatic heterocycles. The fourth-order valence-corrected chi connectivity index (χ4v) is 3.92. The van der Waals surface area contributed by atoms with Crippen molar-refractivity contribution in [3.8, 4) is 0 Å². The van der Waals surface area contributed by atoms with Gasteiger partial charge in [0.2, 0.25) is 0 Å². The third-order valence-corrected chi connectivity index (χ3v) is 5.19. The Hall–Kier alpha value is -1.60. The minimum Gasteiger partial charge on any atom is -0.383 e. The SMILES string of the molecule is COCCn1cc(CNC(=O)N2CCC[C@H]3CN(C)CC[C@@H]32)cn1. The molecule has 0 aromatic carbocycles. The number of carbonyl (C=O) groups is 1. The fraction of sp³-hybridized carbons (Fsp3) is 0.765. The molecule has 7 nitrogen and oxygen atoms in total. The molecule has 1 aromatic rings. The molecule has 24 heavy (non-hydrogen) atoms. The molecule has 0 aliphatic carbocycles. The first-order valence-electron chi connectivity index (χ1n) is 8.90. The van der Waals surface area contributed by atoms with E-state index in [-0.39, 0.29) is 6.03 Å². The van der Waals surface area contributed by atoms with Crippen LogP contribution in [0, 0.1) is 5.92 Å². The van der Waals surface area contributed by atoms with Crippen molar-refractivity contribution in [2.75, 3.05) is 40.4 Å². The minimum absolute atomic E-state index is 0.0684. The van der Waals surface area contributed by atoms with Crippen molar-refractivity contribution in [3.05, 3.63) is 18.0 Å². The van der Waals surface area contributed by atoms with E-state index in [1.807, 2.05) is 17.1 Å². The Morgan fingerprint density at radius 2 is 2.29 bits per heavy atom. The number of hydrogen-bond donors (Lipinski definition) is 1. The molecule has 0 spiro atoms. The lowest BCUT2D eigenvalue weighted by molar-refractivity contribution is 0.0532. The molecular weight excluding hydrogens is 306 g/mol. The van der Waals surface area contributed by atoms with Gasteiger partial charge in [-0.05, 0) is 38.8 Å². The molecule has 0 radical (unpaired) electrons. The van der Waals surface area contributed by atoms with E-state index in [2.05, 4.69) is 27.3 Å². The summed E-state index contributed by atoms with van der Waals surface area (Å²) in [6.07, 6.45) is 7.21. The molecule has 3 heterocycles. The van der Waals surface area contributed by atoms with Crippen LogP contribution < -0.4 is 5.32 Å². The van der Waals surface area contributed by atoms with Crippen molar-refractivity contribution in [2.45, 2.75) is 38.4 Å². The number of rotatable bonds is 5. The van der Waals surface area contributed by atoms with Crippen LogP contribution in [0.3, 0.4) is 0 Å². The summed E-state index contributed by atoms with van der Waals surface area (Å²) < 4.78 is 6.90. The van der Waals surface area contributed by atoms with E-state index in [0.29, 0.717) is 25.1 Å². The van der Waals surface area contributed by atoms with Crippen molar-refractivity contribution < 1.29 is 9.53 Å². The first kappa shape index (κ1) is 17.2. The highest BCUT2D eigenvalue weighted by molar-refractivity contribution is 5.74. The number of urea groups is 1. The zero-order valence-electron chi connectivity index (χ0n) is 14.8. The summed E-state index contributed by atoms with van der Waals surface area (Å²) >= 11 is 0. The van der Waals surface area contributed by atoms with Gasteiger partial charge in [-0.15, -0.1) is 0 Å². The van der Waals surface area contributed by atoms with Crippen LogP contribution in [0.15, 0.2) is 12.4 Å². The van der Waals surface area contributed by atoms with Crippen LogP contribution in [0.5, 0.6) is 0 Å². The van der Waals surface area contributed by atoms with Gasteiger partial charge in [-0.1, -0.05) is 0 Å². The maximum atomic E-state index is 12.6. The number of amides is 2. The van der Waals surface area contributed by atoms with Crippen LogP contribution in [-0.4, -0.2) is 72.1 Å². The monoisotopic (exact) mass is 335 g/mol. The van der Waals surface area contributed by atoms with Gasteiger partial charge >= 0.3 is 6.03 Å². The molecule has 2 aliphatic heterocycles. The summed E-state index contributed by atoms with van der Waals surface area (Å²) in [4.78, 5) is 17.1. The van der Waals surface area contributed by atoms with Gasteiger partial charge in [0.25, 0.3) is 0 Å². The van der Waals surface area contributed by atoms with Crippen LogP contribution in [-0.2, 0) is 17.8 Å². The van der Waals surface area contributed by atoms with Crippen LogP contribution in [0.25, 0.3) is 0 Å². The molecule has 2 aliphatic rings. The zero-order valence-corrected chi connectivity index (χ0v) is 14.8. The Morgan fingerprint density at radius 3 is 3.12 bits per heavy atom. The maximum Gasteiger partial charge on any atom is 0.317 e. The second-order valence-electron chi connectivity index (χ2n) is 6.98. The average Bonchev–Trinajstić information content (AvgIpc) is 3.05. The number of ether oxygens (including phenoxy) is 1. The van der Waals surface area contributed by atoms with E-state index in [9.17, 15) is 4.79 Å². The summed E-state index contributed by atoms with van der Waals surface area (Å²) in [5.74, 6) is 0.625. The van der Waals surface area contributed by atoms with Crippen molar-refractivity contribution in [3.63, 3.8) is 0 Å². The van der Waals surface area contributed by atoms with E-state index in [0.717, 1.165) is 44.6 Å². The quantitative estimate of drug-likeness (QED) is 0.877. The number of carbonyl (C=O) groups excluding carboxylic acids is 1. The highest BCUT2D eigenvalue weighted by atomic mass is 16.5. The van der Waals surface area contributed by atoms with Gasteiger partial charge in [-0.25, -0.2) is 4.79 Å².